The first-order chi connectivity index (χ1) is 12.7. The first kappa shape index (κ1) is 16.5. The van der Waals surface area contributed by atoms with E-state index in [2.05, 4.69) is 10.3 Å². The van der Waals surface area contributed by atoms with Crippen molar-refractivity contribution in [2.75, 3.05) is 18.4 Å². The van der Waals surface area contributed by atoms with Crippen molar-refractivity contribution in [3.63, 3.8) is 0 Å². The Morgan fingerprint density at radius 2 is 1.81 bits per heavy atom. The van der Waals surface area contributed by atoms with Crippen LogP contribution >= 0.6 is 0 Å². The van der Waals surface area contributed by atoms with Gasteiger partial charge in [-0.05, 0) is 49.6 Å². The van der Waals surface area contributed by atoms with Gasteiger partial charge in [0, 0.05) is 30.4 Å². The average molecular weight is 349 g/mol. The Morgan fingerprint density at radius 3 is 2.58 bits per heavy atom. The second kappa shape index (κ2) is 7.12. The smallest absolute Gasteiger partial charge is 0.257 e. The monoisotopic (exact) mass is 349 g/mol. The lowest BCUT2D eigenvalue weighted by Crippen LogP contribution is -2.36. The Balaban J connectivity index is 1.83. The number of hydrogen-bond donors (Lipinski definition) is 1. The summed E-state index contributed by atoms with van der Waals surface area (Å²) >= 11 is 0. The number of anilines is 2. The van der Waals surface area contributed by atoms with Gasteiger partial charge in [-0.2, -0.15) is 0 Å². The lowest BCUT2D eigenvalue weighted by molar-refractivity contribution is 0.0725. The number of aromatic nitrogens is 1. The molecule has 1 aliphatic rings. The third kappa shape index (κ3) is 3.25. The molecule has 4 nitrogen and oxygen atoms in total. The van der Waals surface area contributed by atoms with Crippen molar-refractivity contribution in [1.82, 2.24) is 9.88 Å². The number of carbonyl (C=O) groups is 1. The number of carbonyl (C=O) groups excluding carboxylic acids is 1. The van der Waals surface area contributed by atoms with Gasteiger partial charge in [-0.25, -0.2) is 4.39 Å². The van der Waals surface area contributed by atoms with Crippen LogP contribution in [-0.2, 0) is 0 Å². The second-order valence-corrected chi connectivity index (χ2v) is 6.55. The number of benzene rings is 2. The molecule has 0 saturated carbocycles. The van der Waals surface area contributed by atoms with Gasteiger partial charge in [-0.1, -0.05) is 18.2 Å². The molecule has 0 radical (unpaired) electrons. The normalized spacial score (nSPS) is 14.4. The van der Waals surface area contributed by atoms with E-state index in [0.29, 0.717) is 22.2 Å². The molecule has 1 aliphatic heterocycles. The molecular weight excluding hydrogens is 329 g/mol. The van der Waals surface area contributed by atoms with E-state index in [1.165, 1.54) is 12.1 Å². The summed E-state index contributed by atoms with van der Waals surface area (Å²) in [6.45, 7) is 1.51. The van der Waals surface area contributed by atoms with E-state index in [1.807, 2.05) is 35.2 Å². The minimum atomic E-state index is -0.349. The topological polar surface area (TPSA) is 45.2 Å². The maximum Gasteiger partial charge on any atom is 0.257 e. The number of rotatable bonds is 3. The molecule has 1 amide bonds. The van der Waals surface area contributed by atoms with E-state index >= 15 is 0 Å². The highest BCUT2D eigenvalue weighted by Gasteiger charge is 2.23. The van der Waals surface area contributed by atoms with E-state index in [9.17, 15) is 9.18 Å². The zero-order chi connectivity index (χ0) is 17.9. The van der Waals surface area contributed by atoms with Gasteiger partial charge in [-0.15, -0.1) is 0 Å². The van der Waals surface area contributed by atoms with E-state index in [4.69, 9.17) is 0 Å². The van der Waals surface area contributed by atoms with Crippen molar-refractivity contribution in [3.05, 3.63) is 66.1 Å². The molecule has 4 rings (SSSR count). The minimum Gasteiger partial charge on any atom is -0.354 e. The third-order valence-electron chi connectivity index (χ3n) is 4.75. The predicted molar refractivity (Wildman–Crippen MR) is 101 cm³/mol. The third-order valence-corrected chi connectivity index (χ3v) is 4.75. The molecular formula is C21H20FN3O. The number of para-hydroxylation sites is 1. The van der Waals surface area contributed by atoms with E-state index in [1.54, 1.807) is 12.3 Å². The summed E-state index contributed by atoms with van der Waals surface area (Å²) in [5, 5.41) is 3.92. The van der Waals surface area contributed by atoms with Crippen molar-refractivity contribution in [2.24, 2.45) is 0 Å². The molecule has 0 aliphatic carbocycles. The Labute approximate surface area is 151 Å². The molecule has 1 fully saturated rings. The van der Waals surface area contributed by atoms with Crippen LogP contribution in [-0.4, -0.2) is 28.9 Å². The van der Waals surface area contributed by atoms with Gasteiger partial charge in [0.15, 0.2) is 0 Å². The quantitative estimate of drug-likeness (QED) is 0.742. The molecule has 1 saturated heterocycles. The lowest BCUT2D eigenvalue weighted by atomic mass is 10.1. The van der Waals surface area contributed by atoms with Crippen LogP contribution in [0.5, 0.6) is 0 Å². The van der Waals surface area contributed by atoms with Crippen molar-refractivity contribution in [2.45, 2.75) is 19.3 Å². The highest BCUT2D eigenvalue weighted by atomic mass is 19.1. The van der Waals surface area contributed by atoms with Crippen LogP contribution in [0.1, 0.15) is 29.6 Å². The number of amides is 1. The Morgan fingerprint density at radius 1 is 1.04 bits per heavy atom. The van der Waals surface area contributed by atoms with Crippen LogP contribution in [0.3, 0.4) is 0 Å². The van der Waals surface area contributed by atoms with Crippen LogP contribution in [0.25, 0.3) is 10.9 Å². The summed E-state index contributed by atoms with van der Waals surface area (Å²) in [4.78, 5) is 19.3. The number of piperidine rings is 1. The van der Waals surface area contributed by atoms with Gasteiger partial charge >= 0.3 is 0 Å². The number of likely N-dealkylation sites (tertiary alicyclic amines) is 1. The Kier molecular flexibility index (Phi) is 4.52. The van der Waals surface area contributed by atoms with Gasteiger partial charge in [0.25, 0.3) is 5.91 Å². The van der Waals surface area contributed by atoms with E-state index < -0.39 is 0 Å². The molecule has 2 aromatic carbocycles. The Bertz CT molecular complexity index is 937. The van der Waals surface area contributed by atoms with Gasteiger partial charge in [-0.3, -0.25) is 9.78 Å². The minimum absolute atomic E-state index is 0.0539. The zero-order valence-corrected chi connectivity index (χ0v) is 14.4. The fourth-order valence-corrected chi connectivity index (χ4v) is 3.39. The van der Waals surface area contributed by atoms with Gasteiger partial charge in [0.05, 0.1) is 16.8 Å². The Hall–Kier alpha value is -2.95. The predicted octanol–water partition coefficient (Wildman–Crippen LogP) is 4.74. The number of halogens is 1. The highest BCUT2D eigenvalue weighted by Crippen LogP contribution is 2.31. The van der Waals surface area contributed by atoms with E-state index in [-0.39, 0.29) is 11.7 Å². The SMILES string of the molecule is O=C(c1cnc2ccc(F)cc2c1Nc1ccccc1)N1CCCCC1. The number of nitrogens with one attached hydrogen (secondary N) is 1. The first-order valence-corrected chi connectivity index (χ1v) is 8.92. The fraction of sp³-hybridized carbons (Fsp3) is 0.238. The summed E-state index contributed by atoms with van der Waals surface area (Å²) < 4.78 is 13.9. The molecule has 1 aromatic heterocycles. The number of nitrogens with zero attached hydrogens (tertiary/aromatic N) is 2. The summed E-state index contributed by atoms with van der Waals surface area (Å²) in [7, 11) is 0. The standard InChI is InChI=1S/C21H20FN3O/c22-15-9-10-19-17(13-15)20(24-16-7-3-1-4-8-16)18(14-23-19)21(26)25-11-5-2-6-12-25/h1,3-4,7-10,13-14H,2,5-6,11-12H2,(H,23,24). The van der Waals surface area contributed by atoms with Gasteiger partial charge in [0.2, 0.25) is 0 Å². The average Bonchev–Trinajstić information content (AvgIpc) is 2.69. The van der Waals surface area contributed by atoms with Gasteiger partial charge < -0.3 is 10.2 Å². The van der Waals surface area contributed by atoms with Crippen molar-refractivity contribution < 1.29 is 9.18 Å². The van der Waals surface area contributed by atoms with Crippen LogP contribution in [0.15, 0.2) is 54.7 Å². The molecule has 5 heteroatoms. The molecule has 132 valence electrons. The van der Waals surface area contributed by atoms with Crippen molar-refractivity contribution in [3.8, 4) is 0 Å². The summed E-state index contributed by atoms with van der Waals surface area (Å²) in [5.41, 5.74) is 2.59. The maximum atomic E-state index is 13.9. The summed E-state index contributed by atoms with van der Waals surface area (Å²) in [6.07, 6.45) is 4.79. The first-order valence-electron chi connectivity index (χ1n) is 8.92. The van der Waals surface area contributed by atoms with Crippen LogP contribution in [0.4, 0.5) is 15.8 Å². The fourth-order valence-electron chi connectivity index (χ4n) is 3.39. The highest BCUT2D eigenvalue weighted by molar-refractivity contribution is 6.08. The molecule has 1 N–H and O–H groups in total. The number of fused-ring (bicyclic) bond motifs is 1. The van der Waals surface area contributed by atoms with Crippen LogP contribution in [0, 0.1) is 5.82 Å². The molecule has 0 bridgehead atoms. The zero-order valence-electron chi connectivity index (χ0n) is 14.4. The molecule has 0 spiro atoms. The summed E-state index contributed by atoms with van der Waals surface area (Å²) in [6, 6.07) is 14.0. The largest absolute Gasteiger partial charge is 0.354 e. The molecule has 0 unspecified atom stereocenters. The number of pyridine rings is 1. The van der Waals surface area contributed by atoms with Crippen molar-refractivity contribution >= 4 is 28.2 Å². The second-order valence-electron chi connectivity index (χ2n) is 6.55. The summed E-state index contributed by atoms with van der Waals surface area (Å²) in [5.74, 6) is -0.403. The van der Waals surface area contributed by atoms with Crippen LogP contribution < -0.4 is 5.32 Å². The van der Waals surface area contributed by atoms with Crippen LogP contribution in [0.2, 0.25) is 0 Å². The number of hydrogen-bond acceptors (Lipinski definition) is 3. The van der Waals surface area contributed by atoms with Gasteiger partial charge in [0.1, 0.15) is 5.82 Å². The lowest BCUT2D eigenvalue weighted by Gasteiger charge is -2.27. The molecule has 26 heavy (non-hydrogen) atoms. The maximum absolute atomic E-state index is 13.9. The molecule has 0 atom stereocenters. The van der Waals surface area contributed by atoms with E-state index in [0.717, 1.165) is 38.0 Å². The molecule has 3 aromatic rings. The molecule has 2 heterocycles. The van der Waals surface area contributed by atoms with Crippen molar-refractivity contribution in [1.29, 1.82) is 0 Å².